The van der Waals surface area contributed by atoms with Gasteiger partial charge in [-0.2, -0.15) is 0 Å². The van der Waals surface area contributed by atoms with Crippen LogP contribution in [0.4, 0.5) is 8.78 Å². The van der Waals surface area contributed by atoms with Crippen LogP contribution in [0.1, 0.15) is 39.7 Å². The topological polar surface area (TPSA) is 61.4 Å². The number of benzene rings is 1. The second kappa shape index (κ2) is 7.46. The van der Waals surface area contributed by atoms with Crippen LogP contribution in [0, 0.1) is 11.6 Å². The molecular weight excluding hydrogens is 392 g/mol. The van der Waals surface area contributed by atoms with Crippen molar-refractivity contribution in [1.82, 2.24) is 4.72 Å². The van der Waals surface area contributed by atoms with Gasteiger partial charge in [-0.25, -0.2) is 8.78 Å². The Morgan fingerprint density at radius 2 is 1.87 bits per heavy atom. The van der Waals surface area contributed by atoms with Gasteiger partial charge in [0.05, 0.1) is 23.5 Å². The predicted molar refractivity (Wildman–Crippen MR) is 89.1 cm³/mol. The van der Waals surface area contributed by atoms with Crippen LogP contribution in [0.2, 0.25) is 0 Å². The maximum Gasteiger partial charge on any atom is 0.307 e. The van der Waals surface area contributed by atoms with Crippen molar-refractivity contribution in [3.63, 3.8) is 0 Å². The van der Waals surface area contributed by atoms with E-state index in [0.29, 0.717) is 0 Å². The van der Waals surface area contributed by atoms with Crippen molar-refractivity contribution in [1.29, 1.82) is 0 Å². The Hall–Kier alpha value is -0.700. The van der Waals surface area contributed by atoms with E-state index >= 15 is 0 Å². The van der Waals surface area contributed by atoms with Gasteiger partial charge in [0.2, 0.25) is 0 Å². The Morgan fingerprint density at radius 1 is 1.30 bits per heavy atom. The van der Waals surface area contributed by atoms with Gasteiger partial charge in [-0.3, -0.25) is 4.79 Å². The van der Waals surface area contributed by atoms with Crippen LogP contribution in [-0.4, -0.2) is 22.4 Å². The highest BCUT2D eigenvalue weighted by Crippen LogP contribution is 2.33. The molecule has 1 rings (SSSR count). The Balaban J connectivity index is 3.34. The average molecular weight is 412 g/mol. The lowest BCUT2D eigenvalue weighted by Crippen LogP contribution is -2.51. The molecule has 0 saturated heterocycles. The Bertz CT molecular complexity index is 595. The van der Waals surface area contributed by atoms with Crippen LogP contribution in [0.15, 0.2) is 16.6 Å². The number of methoxy groups -OCH3 is 1. The maximum absolute atomic E-state index is 14.3. The molecule has 0 unspecified atom stereocenters. The Labute approximate surface area is 146 Å². The smallest absolute Gasteiger partial charge is 0.307 e. The molecule has 0 saturated carbocycles. The molecule has 1 aromatic carbocycles. The molecule has 1 N–H and O–H groups in total. The number of hydrogen-bond donors (Lipinski definition) is 1. The lowest BCUT2D eigenvalue weighted by atomic mass is 9.89. The van der Waals surface area contributed by atoms with E-state index in [1.54, 1.807) is 20.8 Å². The zero-order chi connectivity index (χ0) is 18.0. The maximum atomic E-state index is 14.3. The third-order valence-corrected chi connectivity index (χ3v) is 5.56. The minimum Gasteiger partial charge on any atom is -0.598 e. The van der Waals surface area contributed by atoms with Crippen molar-refractivity contribution in [2.45, 2.75) is 44.4 Å². The zero-order valence-electron chi connectivity index (χ0n) is 13.6. The number of esters is 1. The number of ether oxygens (including phenoxy) is 1. The van der Waals surface area contributed by atoms with Gasteiger partial charge in [-0.15, -0.1) is 4.72 Å². The van der Waals surface area contributed by atoms with Crippen molar-refractivity contribution in [2.24, 2.45) is 0 Å². The molecule has 4 nitrogen and oxygen atoms in total. The minimum atomic E-state index is -1.58. The molecular formula is C15H20BrF2NO3S. The summed E-state index contributed by atoms with van der Waals surface area (Å²) in [5.41, 5.74) is -1.31. The van der Waals surface area contributed by atoms with Crippen molar-refractivity contribution >= 4 is 33.3 Å². The van der Waals surface area contributed by atoms with E-state index < -0.39 is 39.3 Å². The second-order valence-corrected chi connectivity index (χ2v) is 9.14. The van der Waals surface area contributed by atoms with E-state index in [-0.39, 0.29) is 16.5 Å². The summed E-state index contributed by atoms with van der Waals surface area (Å²) < 4.78 is 47.0. The van der Waals surface area contributed by atoms with Gasteiger partial charge < -0.3 is 9.29 Å². The van der Waals surface area contributed by atoms with E-state index in [1.807, 2.05) is 0 Å². The molecule has 0 aliphatic heterocycles. The van der Waals surface area contributed by atoms with Crippen molar-refractivity contribution in [3.05, 3.63) is 33.8 Å². The first-order valence-electron chi connectivity index (χ1n) is 6.82. The van der Waals surface area contributed by atoms with Gasteiger partial charge in [0.1, 0.15) is 16.4 Å². The molecule has 0 radical (unpaired) electrons. The highest BCUT2D eigenvalue weighted by atomic mass is 79.9. The standard InChI is InChI=1S/C15H20BrF2NO3S/c1-14(2,3)23(21)19-15(4,8-13(20)22-5)9-6-10(16)12(18)7-11(9)17/h6-7,19H,8H2,1-5H3/t15-,23+/m0/s1. The zero-order valence-corrected chi connectivity index (χ0v) is 16.0. The van der Waals surface area contributed by atoms with Gasteiger partial charge in [0, 0.05) is 23.0 Å². The summed E-state index contributed by atoms with van der Waals surface area (Å²) >= 11 is 1.42. The quantitative estimate of drug-likeness (QED) is 0.457. The van der Waals surface area contributed by atoms with Crippen molar-refractivity contribution in [3.8, 4) is 0 Å². The number of nitrogens with one attached hydrogen (secondary N) is 1. The van der Waals surface area contributed by atoms with Gasteiger partial charge >= 0.3 is 5.97 Å². The van der Waals surface area contributed by atoms with E-state index in [0.717, 1.165) is 6.07 Å². The van der Waals surface area contributed by atoms with E-state index in [1.165, 1.54) is 20.1 Å². The number of rotatable bonds is 5. The summed E-state index contributed by atoms with van der Waals surface area (Å²) in [6.07, 6.45) is -0.264. The van der Waals surface area contributed by atoms with Gasteiger partial charge in [0.25, 0.3) is 0 Å². The first kappa shape index (κ1) is 20.3. The van der Waals surface area contributed by atoms with Crippen LogP contribution in [-0.2, 0) is 26.4 Å². The van der Waals surface area contributed by atoms with Crippen molar-refractivity contribution in [2.75, 3.05) is 7.11 Å². The third kappa shape index (κ3) is 5.14. The molecule has 0 amide bonds. The monoisotopic (exact) mass is 411 g/mol. The largest absolute Gasteiger partial charge is 0.598 e. The highest BCUT2D eigenvalue weighted by molar-refractivity contribution is 9.10. The van der Waals surface area contributed by atoms with Crippen LogP contribution >= 0.6 is 15.9 Å². The summed E-state index contributed by atoms with van der Waals surface area (Å²) in [7, 11) is 1.21. The fourth-order valence-corrected chi connectivity index (χ4v) is 3.09. The van der Waals surface area contributed by atoms with E-state index in [9.17, 15) is 18.1 Å². The molecule has 1 aromatic rings. The molecule has 0 spiro atoms. The summed E-state index contributed by atoms with van der Waals surface area (Å²) in [6.45, 7) is 6.75. The SMILES string of the molecule is COC(=O)C[C@](C)(N[S@+]([O-])C(C)(C)C)c1cc(Br)c(F)cc1F. The fourth-order valence-electron chi connectivity index (χ4n) is 1.85. The lowest BCUT2D eigenvalue weighted by Gasteiger charge is -2.34. The predicted octanol–water partition coefficient (Wildman–Crippen LogP) is 3.56. The van der Waals surface area contributed by atoms with E-state index in [4.69, 9.17) is 0 Å². The van der Waals surface area contributed by atoms with Crippen molar-refractivity contribution < 1.29 is 22.9 Å². The second-order valence-electron chi connectivity index (χ2n) is 6.31. The number of carbonyl (C=O) groups is 1. The summed E-state index contributed by atoms with van der Waals surface area (Å²) in [5, 5.41) is 0. The van der Waals surface area contributed by atoms with Crippen LogP contribution < -0.4 is 4.72 Å². The van der Waals surface area contributed by atoms with Crippen LogP contribution in [0.3, 0.4) is 0 Å². The normalized spacial score (nSPS) is 15.9. The first-order valence-corrected chi connectivity index (χ1v) is 8.76. The first-order chi connectivity index (χ1) is 10.4. The molecule has 0 aromatic heterocycles. The van der Waals surface area contributed by atoms with Gasteiger partial charge in [0.15, 0.2) is 0 Å². The number of halogens is 3. The highest BCUT2D eigenvalue weighted by Gasteiger charge is 2.41. The molecule has 0 bridgehead atoms. The fraction of sp³-hybridized carbons (Fsp3) is 0.533. The molecule has 130 valence electrons. The van der Waals surface area contributed by atoms with Crippen LogP contribution in [0.5, 0.6) is 0 Å². The molecule has 0 fully saturated rings. The molecule has 2 atom stereocenters. The number of hydrogen-bond acceptors (Lipinski definition) is 4. The number of carbonyl (C=O) groups excluding carboxylic acids is 1. The summed E-state index contributed by atoms with van der Waals surface area (Å²) in [5.74, 6) is -2.20. The molecule has 0 aliphatic carbocycles. The van der Waals surface area contributed by atoms with Gasteiger partial charge in [-0.1, -0.05) is 0 Å². The summed E-state index contributed by atoms with van der Waals surface area (Å²) in [6, 6.07) is 1.96. The van der Waals surface area contributed by atoms with Crippen LogP contribution in [0.25, 0.3) is 0 Å². The molecule has 0 aliphatic rings. The molecule has 8 heteroatoms. The average Bonchev–Trinajstić information content (AvgIpc) is 2.41. The Kier molecular flexibility index (Phi) is 6.60. The molecule has 23 heavy (non-hydrogen) atoms. The lowest BCUT2D eigenvalue weighted by molar-refractivity contribution is -0.142. The summed E-state index contributed by atoms with van der Waals surface area (Å²) in [4.78, 5) is 11.7. The molecule has 0 heterocycles. The van der Waals surface area contributed by atoms with E-state index in [2.05, 4.69) is 25.4 Å². The third-order valence-electron chi connectivity index (χ3n) is 3.20. The van der Waals surface area contributed by atoms with Gasteiger partial charge in [-0.05, 0) is 49.7 Å². The Morgan fingerprint density at radius 3 is 2.35 bits per heavy atom. The minimum absolute atomic E-state index is 0.0220.